The van der Waals surface area contributed by atoms with Gasteiger partial charge in [0.2, 0.25) is 5.91 Å². The fraction of sp³-hybridized carbons (Fsp3) is 0.833. The number of hydrogen-bond acceptors (Lipinski definition) is 5. The smallest absolute Gasteiger partial charge is 0.219 e. The van der Waals surface area contributed by atoms with Gasteiger partial charge in [0.25, 0.3) is 0 Å². The van der Waals surface area contributed by atoms with Gasteiger partial charge in [-0.1, -0.05) is 0 Å². The number of piperazine rings is 1. The van der Waals surface area contributed by atoms with E-state index >= 15 is 0 Å². The molecule has 1 saturated heterocycles. The Bertz CT molecular complexity index is 328. The molecule has 2 aliphatic heterocycles. The van der Waals surface area contributed by atoms with Gasteiger partial charge in [0, 0.05) is 52.2 Å². The van der Waals surface area contributed by atoms with Gasteiger partial charge in [0.1, 0.15) is 0 Å². The molecule has 0 spiro atoms. The number of nitrogens with zero attached hydrogens (tertiary/aromatic N) is 3. The van der Waals surface area contributed by atoms with E-state index < -0.39 is 0 Å². The number of amides is 1. The second kappa shape index (κ2) is 7.88. The van der Waals surface area contributed by atoms with Gasteiger partial charge in [-0.3, -0.25) is 14.7 Å². The minimum Gasteiger partial charge on any atom is -0.355 e. The summed E-state index contributed by atoms with van der Waals surface area (Å²) in [6.45, 7) is 10.2. The van der Waals surface area contributed by atoms with Crippen molar-refractivity contribution in [1.82, 2.24) is 20.4 Å². The van der Waals surface area contributed by atoms with Gasteiger partial charge >= 0.3 is 0 Å². The predicted molar refractivity (Wildman–Crippen MR) is 87.0 cm³/mol. The quantitative estimate of drug-likeness (QED) is 0.660. The van der Waals surface area contributed by atoms with Gasteiger partial charge in [-0.05, 0) is 6.92 Å². The number of carbonyl (C=O) groups is 1. The maximum absolute atomic E-state index is 11.2. The van der Waals surface area contributed by atoms with Crippen molar-refractivity contribution >= 4 is 35.8 Å². The maximum Gasteiger partial charge on any atom is 0.219 e. The van der Waals surface area contributed by atoms with E-state index in [9.17, 15) is 4.79 Å². The maximum atomic E-state index is 11.2. The molecule has 1 fully saturated rings. The zero-order valence-electron chi connectivity index (χ0n) is 11.7. The van der Waals surface area contributed by atoms with E-state index in [1.54, 1.807) is 6.92 Å². The molecule has 0 aromatic heterocycles. The molecule has 0 bridgehead atoms. The SMILES string of the molecule is CC(=O)N1CCN(CCNC2=NCC(C)N2)CC1.I. The van der Waals surface area contributed by atoms with Crippen LogP contribution in [0.25, 0.3) is 0 Å². The highest BCUT2D eigenvalue weighted by Gasteiger charge is 2.18. The Balaban J connectivity index is 0.00000180. The number of aliphatic imine (C=N–C) groups is 1. The lowest BCUT2D eigenvalue weighted by molar-refractivity contribution is -0.130. The second-order valence-electron chi connectivity index (χ2n) is 5.01. The van der Waals surface area contributed by atoms with Gasteiger partial charge in [0.15, 0.2) is 5.96 Å². The molecule has 0 aromatic rings. The van der Waals surface area contributed by atoms with E-state index in [0.29, 0.717) is 6.04 Å². The molecule has 0 aliphatic carbocycles. The van der Waals surface area contributed by atoms with Crippen LogP contribution in [-0.2, 0) is 4.79 Å². The summed E-state index contributed by atoms with van der Waals surface area (Å²) in [4.78, 5) is 19.8. The standard InChI is InChI=1S/C12H23N5O.HI/c1-10-9-14-12(15-10)13-3-4-16-5-7-17(8-6-16)11(2)18;/h10H,3-9H2,1-2H3,(H2,13,14,15);1H. The first-order valence-electron chi connectivity index (χ1n) is 6.68. The number of guanidine groups is 1. The Hall–Kier alpha value is -0.570. The normalized spacial score (nSPS) is 23.4. The van der Waals surface area contributed by atoms with Gasteiger partial charge in [0.05, 0.1) is 6.54 Å². The molecule has 1 unspecified atom stereocenters. The number of nitrogens with one attached hydrogen (secondary N) is 2. The molecule has 2 rings (SSSR count). The molecular formula is C12H24IN5O. The van der Waals surface area contributed by atoms with Crippen molar-refractivity contribution < 1.29 is 4.79 Å². The van der Waals surface area contributed by atoms with E-state index in [-0.39, 0.29) is 29.9 Å². The molecule has 110 valence electrons. The van der Waals surface area contributed by atoms with Crippen molar-refractivity contribution in [2.24, 2.45) is 4.99 Å². The molecule has 7 heteroatoms. The summed E-state index contributed by atoms with van der Waals surface area (Å²) >= 11 is 0. The average molecular weight is 381 g/mol. The van der Waals surface area contributed by atoms with E-state index in [1.807, 2.05) is 4.90 Å². The first-order valence-corrected chi connectivity index (χ1v) is 6.68. The molecule has 6 nitrogen and oxygen atoms in total. The molecule has 1 amide bonds. The highest BCUT2D eigenvalue weighted by atomic mass is 127. The molecule has 1 atom stereocenters. The van der Waals surface area contributed by atoms with Crippen molar-refractivity contribution in [3.63, 3.8) is 0 Å². The Labute approximate surface area is 132 Å². The Morgan fingerprint density at radius 2 is 2.11 bits per heavy atom. The summed E-state index contributed by atoms with van der Waals surface area (Å²) in [7, 11) is 0. The van der Waals surface area contributed by atoms with Crippen LogP contribution in [0, 0.1) is 0 Å². The highest BCUT2D eigenvalue weighted by Crippen LogP contribution is 2.01. The third-order valence-corrected chi connectivity index (χ3v) is 3.44. The summed E-state index contributed by atoms with van der Waals surface area (Å²) in [5.41, 5.74) is 0. The summed E-state index contributed by atoms with van der Waals surface area (Å²) < 4.78 is 0. The van der Waals surface area contributed by atoms with Gasteiger partial charge in [-0.15, -0.1) is 24.0 Å². The topological polar surface area (TPSA) is 60.0 Å². The Morgan fingerprint density at radius 1 is 1.42 bits per heavy atom. The van der Waals surface area contributed by atoms with E-state index in [2.05, 4.69) is 27.4 Å². The molecule has 2 N–H and O–H groups in total. The van der Waals surface area contributed by atoms with Crippen LogP contribution in [0.3, 0.4) is 0 Å². The van der Waals surface area contributed by atoms with Crippen molar-refractivity contribution in [2.75, 3.05) is 45.8 Å². The third-order valence-electron chi connectivity index (χ3n) is 3.44. The second-order valence-corrected chi connectivity index (χ2v) is 5.01. The molecule has 19 heavy (non-hydrogen) atoms. The largest absolute Gasteiger partial charge is 0.355 e. The van der Waals surface area contributed by atoms with Crippen LogP contribution in [-0.4, -0.2) is 73.5 Å². The van der Waals surface area contributed by atoms with Crippen molar-refractivity contribution in [3.8, 4) is 0 Å². The summed E-state index contributed by atoms with van der Waals surface area (Å²) in [5.74, 6) is 1.11. The molecular weight excluding hydrogens is 357 g/mol. The van der Waals surface area contributed by atoms with Crippen LogP contribution < -0.4 is 10.6 Å². The van der Waals surface area contributed by atoms with Gasteiger partial charge < -0.3 is 15.5 Å². The molecule has 0 aromatic carbocycles. The summed E-state index contributed by atoms with van der Waals surface area (Å²) in [5, 5.41) is 6.59. The van der Waals surface area contributed by atoms with Crippen LogP contribution in [0.4, 0.5) is 0 Å². The monoisotopic (exact) mass is 381 g/mol. The highest BCUT2D eigenvalue weighted by molar-refractivity contribution is 14.0. The lowest BCUT2D eigenvalue weighted by Crippen LogP contribution is -2.50. The van der Waals surface area contributed by atoms with Crippen molar-refractivity contribution in [1.29, 1.82) is 0 Å². The Morgan fingerprint density at radius 3 is 2.63 bits per heavy atom. The van der Waals surface area contributed by atoms with Crippen LogP contribution in [0.15, 0.2) is 4.99 Å². The zero-order chi connectivity index (χ0) is 13.0. The lowest BCUT2D eigenvalue weighted by atomic mass is 10.3. The van der Waals surface area contributed by atoms with Gasteiger partial charge in [-0.25, -0.2) is 0 Å². The zero-order valence-corrected chi connectivity index (χ0v) is 14.0. The van der Waals surface area contributed by atoms with Crippen molar-refractivity contribution in [2.45, 2.75) is 19.9 Å². The number of halogens is 1. The van der Waals surface area contributed by atoms with E-state index in [0.717, 1.165) is 51.8 Å². The predicted octanol–water partition coefficient (Wildman–Crippen LogP) is -0.294. The van der Waals surface area contributed by atoms with Crippen LogP contribution >= 0.6 is 24.0 Å². The fourth-order valence-electron chi connectivity index (χ4n) is 2.28. The van der Waals surface area contributed by atoms with Crippen LogP contribution in [0.1, 0.15) is 13.8 Å². The Kier molecular flexibility index (Phi) is 6.84. The molecule has 0 radical (unpaired) electrons. The number of hydrogen-bond donors (Lipinski definition) is 2. The molecule has 0 saturated carbocycles. The fourth-order valence-corrected chi connectivity index (χ4v) is 2.28. The number of rotatable bonds is 3. The lowest BCUT2D eigenvalue weighted by Gasteiger charge is -2.34. The van der Waals surface area contributed by atoms with Crippen molar-refractivity contribution in [3.05, 3.63) is 0 Å². The van der Waals surface area contributed by atoms with E-state index in [4.69, 9.17) is 0 Å². The first-order chi connectivity index (χ1) is 8.65. The summed E-state index contributed by atoms with van der Waals surface area (Å²) in [6, 6.07) is 0.451. The van der Waals surface area contributed by atoms with Gasteiger partial charge in [-0.2, -0.15) is 0 Å². The minimum absolute atomic E-state index is 0. The average Bonchev–Trinajstić information content (AvgIpc) is 2.76. The minimum atomic E-state index is 0. The summed E-state index contributed by atoms with van der Waals surface area (Å²) in [6.07, 6.45) is 0. The van der Waals surface area contributed by atoms with E-state index in [1.165, 1.54) is 0 Å². The molecule has 2 aliphatic rings. The number of carbonyl (C=O) groups excluding carboxylic acids is 1. The third kappa shape index (κ3) is 5.13. The molecule has 2 heterocycles. The van der Waals surface area contributed by atoms with Crippen LogP contribution in [0.2, 0.25) is 0 Å². The van der Waals surface area contributed by atoms with Crippen LogP contribution in [0.5, 0.6) is 0 Å². The first kappa shape index (κ1) is 16.5.